The standard InChI is InChI=1S/C17H28N4O.HI/c1-3-18-17(19-13-15(2)14-22)21-11-9-20(10-12-21)16-7-5-4-6-8-16;/h4-8,15,22H,3,9-14H2,1-2H3,(H,18,19);1H. The fraction of sp³-hybridized carbons (Fsp3) is 0.588. The molecule has 130 valence electrons. The third-order valence-electron chi connectivity index (χ3n) is 3.90. The summed E-state index contributed by atoms with van der Waals surface area (Å²) in [4.78, 5) is 9.38. The fourth-order valence-corrected chi connectivity index (χ4v) is 2.54. The molecule has 1 saturated heterocycles. The van der Waals surface area contributed by atoms with Gasteiger partial charge in [-0.3, -0.25) is 4.99 Å². The molecule has 2 rings (SSSR count). The maximum atomic E-state index is 9.14. The van der Waals surface area contributed by atoms with E-state index in [4.69, 9.17) is 5.11 Å². The number of nitrogens with zero attached hydrogens (tertiary/aromatic N) is 3. The lowest BCUT2D eigenvalue weighted by Crippen LogP contribution is -2.52. The second kappa shape index (κ2) is 10.7. The first kappa shape index (κ1) is 20.0. The molecule has 1 aliphatic rings. The number of aliphatic hydroxyl groups is 1. The lowest BCUT2D eigenvalue weighted by molar-refractivity contribution is 0.241. The van der Waals surface area contributed by atoms with Crippen molar-refractivity contribution in [1.29, 1.82) is 0 Å². The highest BCUT2D eigenvalue weighted by atomic mass is 127. The Bertz CT molecular complexity index is 461. The molecule has 0 aliphatic carbocycles. The largest absolute Gasteiger partial charge is 0.396 e. The summed E-state index contributed by atoms with van der Waals surface area (Å²) in [6, 6.07) is 10.6. The molecule has 0 saturated carbocycles. The van der Waals surface area contributed by atoms with Gasteiger partial charge >= 0.3 is 0 Å². The van der Waals surface area contributed by atoms with E-state index in [0.29, 0.717) is 6.54 Å². The first-order valence-corrected chi connectivity index (χ1v) is 8.18. The van der Waals surface area contributed by atoms with Crippen molar-refractivity contribution in [3.63, 3.8) is 0 Å². The van der Waals surface area contributed by atoms with Crippen molar-refractivity contribution in [2.24, 2.45) is 10.9 Å². The number of hydrogen-bond acceptors (Lipinski definition) is 3. The molecule has 0 spiro atoms. The van der Waals surface area contributed by atoms with E-state index in [-0.39, 0.29) is 36.5 Å². The first-order valence-electron chi connectivity index (χ1n) is 8.18. The molecule has 1 heterocycles. The van der Waals surface area contributed by atoms with Gasteiger partial charge in [0.05, 0.1) is 0 Å². The van der Waals surface area contributed by atoms with Crippen LogP contribution in [-0.2, 0) is 0 Å². The number of hydrogen-bond donors (Lipinski definition) is 2. The average Bonchev–Trinajstić information content (AvgIpc) is 2.59. The van der Waals surface area contributed by atoms with Gasteiger partial charge in [0.2, 0.25) is 0 Å². The van der Waals surface area contributed by atoms with Gasteiger partial charge in [-0.05, 0) is 25.0 Å². The smallest absolute Gasteiger partial charge is 0.194 e. The summed E-state index contributed by atoms with van der Waals surface area (Å²) >= 11 is 0. The molecule has 1 unspecified atom stereocenters. The third-order valence-corrected chi connectivity index (χ3v) is 3.90. The van der Waals surface area contributed by atoms with Gasteiger partial charge in [-0.25, -0.2) is 0 Å². The van der Waals surface area contributed by atoms with Gasteiger partial charge in [-0.2, -0.15) is 0 Å². The van der Waals surface area contributed by atoms with Gasteiger partial charge < -0.3 is 20.2 Å². The SMILES string of the molecule is CCNC(=NCC(C)CO)N1CCN(c2ccccc2)CC1.I. The van der Waals surface area contributed by atoms with Gasteiger partial charge in [0.15, 0.2) is 5.96 Å². The number of aliphatic hydroxyl groups excluding tert-OH is 1. The molecule has 5 nitrogen and oxygen atoms in total. The molecule has 1 aromatic carbocycles. The van der Waals surface area contributed by atoms with Crippen LogP contribution in [0, 0.1) is 5.92 Å². The number of nitrogens with one attached hydrogen (secondary N) is 1. The minimum absolute atomic E-state index is 0. The highest BCUT2D eigenvalue weighted by Crippen LogP contribution is 2.15. The Hall–Kier alpha value is -1.02. The molecular weight excluding hydrogens is 403 g/mol. The molecule has 1 aliphatic heterocycles. The number of anilines is 1. The van der Waals surface area contributed by atoms with E-state index in [0.717, 1.165) is 38.7 Å². The second-order valence-electron chi connectivity index (χ2n) is 5.79. The lowest BCUT2D eigenvalue weighted by atomic mass is 10.2. The number of piperazine rings is 1. The summed E-state index contributed by atoms with van der Waals surface area (Å²) < 4.78 is 0. The van der Waals surface area contributed by atoms with Crippen molar-refractivity contribution in [2.75, 3.05) is 50.8 Å². The van der Waals surface area contributed by atoms with Crippen molar-refractivity contribution in [1.82, 2.24) is 10.2 Å². The van der Waals surface area contributed by atoms with E-state index in [1.165, 1.54) is 5.69 Å². The Labute approximate surface area is 156 Å². The van der Waals surface area contributed by atoms with E-state index in [2.05, 4.69) is 57.4 Å². The number of para-hydroxylation sites is 1. The predicted octanol–water partition coefficient (Wildman–Crippen LogP) is 2.02. The van der Waals surface area contributed by atoms with Gasteiger partial charge in [0.25, 0.3) is 0 Å². The van der Waals surface area contributed by atoms with Crippen LogP contribution >= 0.6 is 24.0 Å². The van der Waals surface area contributed by atoms with Crippen LogP contribution in [-0.4, -0.2) is 61.8 Å². The minimum atomic E-state index is 0. The number of aliphatic imine (C=N–C) groups is 1. The van der Waals surface area contributed by atoms with Gasteiger partial charge in [0.1, 0.15) is 0 Å². The Kier molecular flexibility index (Phi) is 9.31. The molecule has 23 heavy (non-hydrogen) atoms. The van der Waals surface area contributed by atoms with Crippen LogP contribution in [0.25, 0.3) is 0 Å². The van der Waals surface area contributed by atoms with Crippen LogP contribution in [0.15, 0.2) is 35.3 Å². The summed E-state index contributed by atoms with van der Waals surface area (Å²) in [6.45, 7) is 9.76. The van der Waals surface area contributed by atoms with E-state index in [1.807, 2.05) is 6.92 Å². The zero-order chi connectivity index (χ0) is 15.8. The quantitative estimate of drug-likeness (QED) is 0.425. The summed E-state index contributed by atoms with van der Waals surface area (Å²) in [5, 5.41) is 12.5. The minimum Gasteiger partial charge on any atom is -0.396 e. The third kappa shape index (κ3) is 6.18. The maximum absolute atomic E-state index is 9.14. The van der Waals surface area contributed by atoms with E-state index >= 15 is 0 Å². The number of rotatable bonds is 5. The van der Waals surface area contributed by atoms with E-state index < -0.39 is 0 Å². The first-order chi connectivity index (χ1) is 10.7. The van der Waals surface area contributed by atoms with E-state index in [1.54, 1.807) is 0 Å². The lowest BCUT2D eigenvalue weighted by Gasteiger charge is -2.37. The highest BCUT2D eigenvalue weighted by Gasteiger charge is 2.19. The van der Waals surface area contributed by atoms with Crippen LogP contribution in [0.4, 0.5) is 5.69 Å². The number of benzene rings is 1. The molecule has 2 N–H and O–H groups in total. The predicted molar refractivity (Wildman–Crippen MR) is 108 cm³/mol. The molecule has 1 atom stereocenters. The Balaban J connectivity index is 0.00000264. The normalized spacial score (nSPS) is 16.7. The summed E-state index contributed by atoms with van der Waals surface area (Å²) in [5.74, 6) is 1.18. The van der Waals surface area contributed by atoms with Crippen LogP contribution in [0.3, 0.4) is 0 Å². The Morgan fingerprint density at radius 2 is 1.87 bits per heavy atom. The van der Waals surface area contributed by atoms with Gasteiger partial charge in [-0.1, -0.05) is 25.1 Å². The van der Waals surface area contributed by atoms with Crippen LogP contribution < -0.4 is 10.2 Å². The van der Waals surface area contributed by atoms with E-state index in [9.17, 15) is 0 Å². The van der Waals surface area contributed by atoms with Crippen molar-refractivity contribution in [3.05, 3.63) is 30.3 Å². The zero-order valence-electron chi connectivity index (χ0n) is 14.1. The summed E-state index contributed by atoms with van der Waals surface area (Å²) in [7, 11) is 0. The van der Waals surface area contributed by atoms with Crippen LogP contribution in [0.5, 0.6) is 0 Å². The molecule has 0 amide bonds. The molecular formula is C17H29IN4O. The topological polar surface area (TPSA) is 51.1 Å². The van der Waals surface area contributed by atoms with Gasteiger partial charge in [0, 0.05) is 51.6 Å². The second-order valence-corrected chi connectivity index (χ2v) is 5.79. The maximum Gasteiger partial charge on any atom is 0.194 e. The van der Waals surface area contributed by atoms with Crippen LogP contribution in [0.1, 0.15) is 13.8 Å². The molecule has 1 fully saturated rings. The summed E-state index contributed by atoms with van der Waals surface area (Å²) in [5.41, 5.74) is 1.29. The number of halogens is 1. The number of guanidine groups is 1. The molecule has 0 aromatic heterocycles. The van der Waals surface area contributed by atoms with Crippen LogP contribution in [0.2, 0.25) is 0 Å². The van der Waals surface area contributed by atoms with Crippen molar-refractivity contribution >= 4 is 35.6 Å². The van der Waals surface area contributed by atoms with Crippen molar-refractivity contribution in [3.8, 4) is 0 Å². The van der Waals surface area contributed by atoms with Crippen molar-refractivity contribution in [2.45, 2.75) is 13.8 Å². The summed E-state index contributed by atoms with van der Waals surface area (Å²) in [6.07, 6.45) is 0. The molecule has 1 aromatic rings. The highest BCUT2D eigenvalue weighted by molar-refractivity contribution is 14.0. The monoisotopic (exact) mass is 432 g/mol. The van der Waals surface area contributed by atoms with Gasteiger partial charge in [-0.15, -0.1) is 24.0 Å². The zero-order valence-corrected chi connectivity index (χ0v) is 16.4. The average molecular weight is 432 g/mol. The molecule has 0 bridgehead atoms. The van der Waals surface area contributed by atoms with Crippen molar-refractivity contribution < 1.29 is 5.11 Å². The molecule has 6 heteroatoms. The Morgan fingerprint density at radius 3 is 2.43 bits per heavy atom. The Morgan fingerprint density at radius 1 is 1.22 bits per heavy atom. The molecule has 0 radical (unpaired) electrons. The fourth-order valence-electron chi connectivity index (χ4n) is 2.54.